The minimum Gasteiger partial charge on any atom is -0.306 e. The van der Waals surface area contributed by atoms with Crippen molar-refractivity contribution in [3.05, 3.63) is 0 Å². The molecule has 3 aliphatic rings. The normalized spacial score (nSPS) is 27.0. The zero-order chi connectivity index (χ0) is 17.4. The Hall–Kier alpha value is -0.160. The summed E-state index contributed by atoms with van der Waals surface area (Å²) >= 11 is 0. The van der Waals surface area contributed by atoms with Crippen LogP contribution in [0.1, 0.15) is 52.4 Å². The van der Waals surface area contributed by atoms with Crippen LogP contribution in [-0.4, -0.2) is 74.7 Å². The SMILES string of the molecule is CC.CNN1CCC(CN2CCC(C3CCN(C)CC3)CC2)CC1. The van der Waals surface area contributed by atoms with Crippen molar-refractivity contribution in [3.63, 3.8) is 0 Å². The fourth-order valence-corrected chi connectivity index (χ4v) is 4.81. The third-order valence-corrected chi connectivity index (χ3v) is 6.51. The monoisotopic (exact) mass is 338 g/mol. The molecule has 1 N–H and O–H groups in total. The summed E-state index contributed by atoms with van der Waals surface area (Å²) in [5.74, 6) is 2.98. The lowest BCUT2D eigenvalue weighted by atomic mass is 9.78. The van der Waals surface area contributed by atoms with Crippen molar-refractivity contribution in [1.29, 1.82) is 0 Å². The second kappa shape index (κ2) is 10.7. The van der Waals surface area contributed by atoms with Crippen molar-refractivity contribution in [2.45, 2.75) is 52.4 Å². The Balaban J connectivity index is 0.00000100. The summed E-state index contributed by atoms with van der Waals surface area (Å²) in [6.45, 7) is 13.2. The predicted octanol–water partition coefficient (Wildman–Crippen LogP) is 2.91. The molecule has 142 valence electrons. The number of piperidine rings is 3. The fourth-order valence-electron chi connectivity index (χ4n) is 4.81. The largest absolute Gasteiger partial charge is 0.306 e. The van der Waals surface area contributed by atoms with E-state index in [1.54, 1.807) is 0 Å². The first kappa shape index (κ1) is 20.2. The van der Waals surface area contributed by atoms with E-state index in [0.717, 1.165) is 17.8 Å². The van der Waals surface area contributed by atoms with Gasteiger partial charge in [-0.15, -0.1) is 0 Å². The molecule has 3 fully saturated rings. The van der Waals surface area contributed by atoms with Crippen LogP contribution in [0.25, 0.3) is 0 Å². The molecular weight excluding hydrogens is 296 g/mol. The molecular formula is C20H42N4. The van der Waals surface area contributed by atoms with E-state index >= 15 is 0 Å². The van der Waals surface area contributed by atoms with E-state index in [1.807, 2.05) is 20.9 Å². The zero-order valence-electron chi connectivity index (χ0n) is 16.8. The van der Waals surface area contributed by atoms with E-state index in [0.29, 0.717) is 0 Å². The second-order valence-electron chi connectivity index (χ2n) is 7.93. The number of nitrogens with zero attached hydrogens (tertiary/aromatic N) is 3. The number of likely N-dealkylation sites (tertiary alicyclic amines) is 2. The van der Waals surface area contributed by atoms with Gasteiger partial charge in [-0.05, 0) is 96.6 Å². The molecule has 3 rings (SSSR count). The molecule has 3 heterocycles. The first-order valence-corrected chi connectivity index (χ1v) is 10.6. The van der Waals surface area contributed by atoms with Crippen molar-refractivity contribution in [2.24, 2.45) is 17.8 Å². The summed E-state index contributed by atoms with van der Waals surface area (Å²) < 4.78 is 0. The highest BCUT2D eigenvalue weighted by molar-refractivity contribution is 4.83. The van der Waals surface area contributed by atoms with Gasteiger partial charge in [-0.1, -0.05) is 13.8 Å². The molecule has 3 saturated heterocycles. The van der Waals surface area contributed by atoms with Crippen LogP contribution in [0.2, 0.25) is 0 Å². The van der Waals surface area contributed by atoms with Gasteiger partial charge in [0.1, 0.15) is 0 Å². The Bertz CT molecular complexity index is 312. The molecule has 0 aromatic rings. The quantitative estimate of drug-likeness (QED) is 0.851. The maximum atomic E-state index is 3.29. The van der Waals surface area contributed by atoms with Gasteiger partial charge in [0.25, 0.3) is 0 Å². The first-order chi connectivity index (χ1) is 11.7. The minimum atomic E-state index is 0.935. The first-order valence-electron chi connectivity index (χ1n) is 10.6. The van der Waals surface area contributed by atoms with Crippen molar-refractivity contribution in [1.82, 2.24) is 20.2 Å². The molecule has 0 atom stereocenters. The summed E-state index contributed by atoms with van der Waals surface area (Å²) in [4.78, 5) is 5.27. The highest BCUT2D eigenvalue weighted by Gasteiger charge is 2.29. The molecule has 0 aromatic carbocycles. The summed E-state index contributed by atoms with van der Waals surface area (Å²) in [7, 11) is 4.33. The van der Waals surface area contributed by atoms with Gasteiger partial charge in [-0.2, -0.15) is 0 Å². The number of nitrogens with one attached hydrogen (secondary N) is 1. The standard InChI is InChI=1S/C18H36N4.C2H6/c1-19-22-13-3-16(4-14-22)15-21-11-7-18(8-12-21)17-5-9-20(2)10-6-17;1-2/h16-19H,3-15H2,1-2H3;1-2H3. The lowest BCUT2D eigenvalue weighted by Crippen LogP contribution is -2.45. The van der Waals surface area contributed by atoms with Gasteiger partial charge in [0.05, 0.1) is 0 Å². The fraction of sp³-hybridized carbons (Fsp3) is 1.00. The third-order valence-electron chi connectivity index (χ3n) is 6.51. The molecule has 0 aromatic heterocycles. The average molecular weight is 339 g/mol. The highest BCUT2D eigenvalue weighted by atomic mass is 15.5. The Morgan fingerprint density at radius 1 is 0.750 bits per heavy atom. The highest BCUT2D eigenvalue weighted by Crippen LogP contribution is 2.32. The Kier molecular flexibility index (Phi) is 9.02. The van der Waals surface area contributed by atoms with Crippen LogP contribution in [0.15, 0.2) is 0 Å². The third kappa shape index (κ3) is 5.98. The molecule has 0 amide bonds. The van der Waals surface area contributed by atoms with Gasteiger partial charge >= 0.3 is 0 Å². The van der Waals surface area contributed by atoms with E-state index in [-0.39, 0.29) is 0 Å². The van der Waals surface area contributed by atoms with Gasteiger partial charge in [0.15, 0.2) is 0 Å². The Labute approximate surface area is 150 Å². The van der Waals surface area contributed by atoms with Crippen LogP contribution in [-0.2, 0) is 0 Å². The van der Waals surface area contributed by atoms with Crippen LogP contribution in [0, 0.1) is 17.8 Å². The summed E-state index contributed by atoms with van der Waals surface area (Å²) in [6.07, 6.45) is 8.56. The smallest absolute Gasteiger partial charge is 0.0134 e. The maximum Gasteiger partial charge on any atom is 0.0134 e. The summed E-state index contributed by atoms with van der Waals surface area (Å²) in [6, 6.07) is 0. The molecule has 0 saturated carbocycles. The molecule has 0 radical (unpaired) electrons. The summed E-state index contributed by atoms with van der Waals surface area (Å²) in [5.41, 5.74) is 3.29. The maximum absolute atomic E-state index is 3.29. The Morgan fingerprint density at radius 3 is 1.75 bits per heavy atom. The molecule has 24 heavy (non-hydrogen) atoms. The van der Waals surface area contributed by atoms with E-state index < -0.39 is 0 Å². The van der Waals surface area contributed by atoms with Gasteiger partial charge in [-0.25, -0.2) is 5.01 Å². The van der Waals surface area contributed by atoms with Crippen molar-refractivity contribution >= 4 is 0 Å². The number of hydrogen-bond acceptors (Lipinski definition) is 4. The minimum absolute atomic E-state index is 0.935. The van der Waals surface area contributed by atoms with Gasteiger partial charge in [0, 0.05) is 19.6 Å². The number of hydrogen-bond donors (Lipinski definition) is 1. The van der Waals surface area contributed by atoms with E-state index in [4.69, 9.17) is 0 Å². The molecule has 3 aliphatic heterocycles. The van der Waals surface area contributed by atoms with Crippen molar-refractivity contribution in [2.75, 3.05) is 59.9 Å². The molecule has 4 heteroatoms. The Morgan fingerprint density at radius 2 is 1.25 bits per heavy atom. The molecule has 0 unspecified atom stereocenters. The van der Waals surface area contributed by atoms with Crippen LogP contribution >= 0.6 is 0 Å². The topological polar surface area (TPSA) is 21.8 Å². The predicted molar refractivity (Wildman–Crippen MR) is 104 cm³/mol. The average Bonchev–Trinajstić information content (AvgIpc) is 2.65. The van der Waals surface area contributed by atoms with Crippen molar-refractivity contribution < 1.29 is 0 Å². The van der Waals surface area contributed by atoms with E-state index in [1.165, 1.54) is 84.3 Å². The summed E-state index contributed by atoms with van der Waals surface area (Å²) in [5, 5.41) is 2.36. The molecule has 0 spiro atoms. The zero-order valence-corrected chi connectivity index (χ0v) is 16.8. The van der Waals surface area contributed by atoms with Crippen LogP contribution < -0.4 is 5.43 Å². The van der Waals surface area contributed by atoms with Gasteiger partial charge in [0.2, 0.25) is 0 Å². The van der Waals surface area contributed by atoms with Crippen LogP contribution in [0.5, 0.6) is 0 Å². The van der Waals surface area contributed by atoms with Crippen molar-refractivity contribution in [3.8, 4) is 0 Å². The van der Waals surface area contributed by atoms with E-state index in [9.17, 15) is 0 Å². The molecule has 4 nitrogen and oxygen atoms in total. The van der Waals surface area contributed by atoms with Gasteiger partial charge in [-0.3, -0.25) is 5.43 Å². The number of rotatable bonds is 4. The number of hydrazine groups is 1. The lowest BCUT2D eigenvalue weighted by molar-refractivity contribution is 0.0760. The molecule has 0 bridgehead atoms. The lowest BCUT2D eigenvalue weighted by Gasteiger charge is -2.41. The van der Waals surface area contributed by atoms with E-state index in [2.05, 4.69) is 27.3 Å². The van der Waals surface area contributed by atoms with Crippen LogP contribution in [0.3, 0.4) is 0 Å². The van der Waals surface area contributed by atoms with Crippen LogP contribution in [0.4, 0.5) is 0 Å². The van der Waals surface area contributed by atoms with Gasteiger partial charge < -0.3 is 9.80 Å². The second-order valence-corrected chi connectivity index (χ2v) is 7.93. The molecule has 0 aliphatic carbocycles.